The van der Waals surface area contributed by atoms with Gasteiger partial charge in [0.1, 0.15) is 5.75 Å². The minimum absolute atomic E-state index is 0.180. The predicted molar refractivity (Wildman–Crippen MR) is 150 cm³/mol. The van der Waals surface area contributed by atoms with Crippen molar-refractivity contribution in [3.8, 4) is 22.9 Å². The molecule has 0 spiro atoms. The van der Waals surface area contributed by atoms with E-state index in [4.69, 9.17) is 9.47 Å². The second-order valence-corrected chi connectivity index (χ2v) is 9.62. The number of aryl methyl sites for hydroxylation is 1. The molecule has 0 aliphatic carbocycles. The number of aromatic nitrogens is 2. The fourth-order valence-corrected chi connectivity index (χ4v) is 3.88. The van der Waals surface area contributed by atoms with Crippen molar-refractivity contribution in [1.29, 1.82) is 0 Å². The quantitative estimate of drug-likeness (QED) is 0.113. The monoisotopic (exact) mass is 500 g/mol. The highest BCUT2D eigenvalue weighted by molar-refractivity contribution is 5.90. The molecule has 0 radical (unpaired) electrons. The third-order valence-electron chi connectivity index (χ3n) is 6.52. The average molecular weight is 501 g/mol. The van der Waals surface area contributed by atoms with E-state index in [-0.39, 0.29) is 5.88 Å². The molecule has 1 atom stereocenters. The molecule has 0 fully saturated rings. The van der Waals surface area contributed by atoms with Gasteiger partial charge in [-0.3, -0.25) is 0 Å². The van der Waals surface area contributed by atoms with E-state index in [9.17, 15) is 4.79 Å². The van der Waals surface area contributed by atoms with E-state index in [1.165, 1.54) is 50.3 Å². The summed E-state index contributed by atoms with van der Waals surface area (Å²) in [5, 5.41) is 0. The van der Waals surface area contributed by atoms with Gasteiger partial charge in [0.15, 0.2) is 0 Å². The summed E-state index contributed by atoms with van der Waals surface area (Å²) in [6, 6.07) is 15.4. The van der Waals surface area contributed by atoms with Gasteiger partial charge >= 0.3 is 5.97 Å². The second kappa shape index (κ2) is 15.6. The third-order valence-corrected chi connectivity index (χ3v) is 6.52. The average Bonchev–Trinajstić information content (AvgIpc) is 2.94. The summed E-state index contributed by atoms with van der Waals surface area (Å²) in [5.41, 5.74) is 3.37. The van der Waals surface area contributed by atoms with E-state index in [1.54, 1.807) is 6.20 Å². The molecule has 0 amide bonds. The molecule has 1 aromatic heterocycles. The molecular weight excluding hydrogens is 460 g/mol. The van der Waals surface area contributed by atoms with Crippen molar-refractivity contribution in [2.75, 3.05) is 6.61 Å². The summed E-state index contributed by atoms with van der Waals surface area (Å²) in [5.74, 6) is 1.11. The highest BCUT2D eigenvalue weighted by Gasteiger charge is 2.11. The maximum absolute atomic E-state index is 12.5. The number of hydrogen-bond acceptors (Lipinski definition) is 5. The summed E-state index contributed by atoms with van der Waals surface area (Å²) in [4.78, 5) is 21.2. The second-order valence-electron chi connectivity index (χ2n) is 9.62. The standard InChI is InChI=1S/C32H40N2O3/c1-4-6-7-8-9-10-11-12-13-26-14-16-28(17-15-26)32(35)37-31-23-33-30(22-34-31)27-18-20-29(21-19-27)36-24-25(3)5-2/h4,14-23,25H,1,5-13,24H2,2-3H3. The number of rotatable bonds is 16. The van der Waals surface area contributed by atoms with Gasteiger partial charge in [0.25, 0.3) is 0 Å². The maximum atomic E-state index is 12.5. The number of carbonyl (C=O) groups is 1. The number of carbonyl (C=O) groups excluding carboxylic acids is 1. The van der Waals surface area contributed by atoms with Crippen LogP contribution in [0.4, 0.5) is 0 Å². The molecule has 5 nitrogen and oxygen atoms in total. The first-order valence-electron chi connectivity index (χ1n) is 13.6. The molecule has 37 heavy (non-hydrogen) atoms. The van der Waals surface area contributed by atoms with Gasteiger partial charge in [0, 0.05) is 5.56 Å². The smallest absolute Gasteiger partial charge is 0.344 e. The number of ether oxygens (including phenoxy) is 2. The van der Waals surface area contributed by atoms with Crippen LogP contribution in [0.5, 0.6) is 11.6 Å². The largest absolute Gasteiger partial charge is 0.493 e. The number of benzene rings is 2. The van der Waals surface area contributed by atoms with Crippen molar-refractivity contribution < 1.29 is 14.3 Å². The van der Waals surface area contributed by atoms with Crippen molar-refractivity contribution >= 4 is 5.97 Å². The Labute approximate surface area is 222 Å². The van der Waals surface area contributed by atoms with Crippen LogP contribution in [0.3, 0.4) is 0 Å². The lowest BCUT2D eigenvalue weighted by Gasteiger charge is -2.11. The molecular formula is C32H40N2O3. The van der Waals surface area contributed by atoms with Crippen LogP contribution in [0.1, 0.15) is 81.1 Å². The van der Waals surface area contributed by atoms with Crippen LogP contribution in [0, 0.1) is 5.92 Å². The lowest BCUT2D eigenvalue weighted by molar-refractivity contribution is 0.0727. The van der Waals surface area contributed by atoms with E-state index in [0.717, 1.165) is 30.6 Å². The first kappa shape index (κ1) is 28.1. The molecule has 0 N–H and O–H groups in total. The van der Waals surface area contributed by atoms with Gasteiger partial charge in [0.05, 0.1) is 30.3 Å². The van der Waals surface area contributed by atoms with E-state index < -0.39 is 5.97 Å². The van der Waals surface area contributed by atoms with Crippen molar-refractivity contribution in [1.82, 2.24) is 9.97 Å². The fraction of sp³-hybridized carbons (Fsp3) is 0.406. The molecule has 1 unspecified atom stereocenters. The number of esters is 1. The SMILES string of the molecule is C=CCCCCCCCCc1ccc(C(=O)Oc2cnc(-c3ccc(OCC(C)CC)cc3)cn2)cc1. The van der Waals surface area contributed by atoms with Crippen molar-refractivity contribution in [2.24, 2.45) is 5.92 Å². The summed E-state index contributed by atoms with van der Waals surface area (Å²) < 4.78 is 11.2. The van der Waals surface area contributed by atoms with Crippen LogP contribution in [-0.4, -0.2) is 22.5 Å². The van der Waals surface area contributed by atoms with Gasteiger partial charge in [-0.15, -0.1) is 6.58 Å². The van der Waals surface area contributed by atoms with Gasteiger partial charge in [-0.25, -0.2) is 14.8 Å². The lowest BCUT2D eigenvalue weighted by atomic mass is 10.0. The Bertz CT molecular complexity index is 1080. The van der Waals surface area contributed by atoms with Gasteiger partial charge in [-0.1, -0.05) is 64.2 Å². The zero-order valence-corrected chi connectivity index (χ0v) is 22.3. The van der Waals surface area contributed by atoms with Gasteiger partial charge in [-0.2, -0.15) is 0 Å². The van der Waals surface area contributed by atoms with Crippen molar-refractivity contribution in [3.05, 3.63) is 84.7 Å². The highest BCUT2D eigenvalue weighted by Crippen LogP contribution is 2.22. The van der Waals surface area contributed by atoms with Gasteiger partial charge in [-0.05, 0) is 73.6 Å². The minimum Gasteiger partial charge on any atom is -0.493 e. The predicted octanol–water partition coefficient (Wildman–Crippen LogP) is 8.25. The number of nitrogens with zero attached hydrogens (tertiary/aromatic N) is 2. The highest BCUT2D eigenvalue weighted by atomic mass is 16.5. The van der Waals surface area contributed by atoms with Crippen molar-refractivity contribution in [2.45, 2.75) is 71.6 Å². The van der Waals surface area contributed by atoms with E-state index in [2.05, 4.69) is 30.4 Å². The Morgan fingerprint density at radius 3 is 2.27 bits per heavy atom. The summed E-state index contributed by atoms with van der Waals surface area (Å²) in [6.45, 7) is 8.80. The summed E-state index contributed by atoms with van der Waals surface area (Å²) in [6.07, 6.45) is 15.8. The molecule has 1 heterocycles. The molecule has 3 rings (SSSR count). The maximum Gasteiger partial charge on any atom is 0.344 e. The zero-order chi connectivity index (χ0) is 26.3. The molecule has 0 saturated heterocycles. The normalized spacial score (nSPS) is 11.6. The first-order valence-corrected chi connectivity index (χ1v) is 13.6. The first-order chi connectivity index (χ1) is 18.1. The number of hydrogen-bond donors (Lipinski definition) is 0. The van der Waals surface area contributed by atoms with Crippen LogP contribution in [0.15, 0.2) is 73.6 Å². The summed E-state index contributed by atoms with van der Waals surface area (Å²) >= 11 is 0. The Kier molecular flexibility index (Phi) is 11.9. The van der Waals surface area contributed by atoms with Crippen LogP contribution in [0.25, 0.3) is 11.3 Å². The van der Waals surface area contributed by atoms with E-state index in [0.29, 0.717) is 23.8 Å². The molecule has 3 aromatic rings. The van der Waals surface area contributed by atoms with E-state index >= 15 is 0 Å². The zero-order valence-electron chi connectivity index (χ0n) is 22.3. The van der Waals surface area contributed by atoms with Crippen molar-refractivity contribution in [3.63, 3.8) is 0 Å². The molecule has 2 aromatic carbocycles. The molecule has 0 aliphatic rings. The fourth-order valence-electron chi connectivity index (χ4n) is 3.88. The van der Waals surface area contributed by atoms with Crippen LogP contribution in [-0.2, 0) is 6.42 Å². The topological polar surface area (TPSA) is 61.3 Å². The Balaban J connectivity index is 1.43. The van der Waals surface area contributed by atoms with Crippen LogP contribution >= 0.6 is 0 Å². The van der Waals surface area contributed by atoms with Crippen LogP contribution < -0.4 is 9.47 Å². The Morgan fingerprint density at radius 1 is 0.919 bits per heavy atom. The third kappa shape index (κ3) is 9.83. The van der Waals surface area contributed by atoms with Gasteiger partial charge < -0.3 is 9.47 Å². The molecule has 0 bridgehead atoms. The van der Waals surface area contributed by atoms with Crippen LogP contribution in [0.2, 0.25) is 0 Å². The lowest BCUT2D eigenvalue weighted by Crippen LogP contribution is -2.09. The molecule has 0 aliphatic heterocycles. The minimum atomic E-state index is -0.434. The number of unbranched alkanes of at least 4 members (excludes halogenated alkanes) is 6. The Morgan fingerprint density at radius 2 is 1.62 bits per heavy atom. The Hall–Kier alpha value is -3.47. The van der Waals surface area contributed by atoms with Gasteiger partial charge in [0.2, 0.25) is 5.88 Å². The van der Waals surface area contributed by atoms with E-state index in [1.807, 2.05) is 54.6 Å². The molecule has 5 heteroatoms. The molecule has 196 valence electrons. The molecule has 0 saturated carbocycles. The number of allylic oxidation sites excluding steroid dienone is 1. The summed E-state index contributed by atoms with van der Waals surface area (Å²) in [7, 11) is 0.